The van der Waals surface area contributed by atoms with Gasteiger partial charge in [0.25, 0.3) is 0 Å². The molecule has 1 aromatic heterocycles. The molecule has 1 heterocycles. The predicted octanol–water partition coefficient (Wildman–Crippen LogP) is 5.44. The summed E-state index contributed by atoms with van der Waals surface area (Å²) in [6.45, 7) is 6.64. The molecule has 0 aliphatic carbocycles. The van der Waals surface area contributed by atoms with E-state index in [9.17, 15) is 14.0 Å². The summed E-state index contributed by atoms with van der Waals surface area (Å²) < 4.78 is 29.9. The fraction of sp³-hybridized carbons (Fsp3) is 0. The lowest BCUT2D eigenvalue weighted by molar-refractivity contribution is -0.129. The summed E-state index contributed by atoms with van der Waals surface area (Å²) in [5.74, 6) is -0.432. The molecule has 0 bridgehead atoms. The highest BCUT2D eigenvalue weighted by molar-refractivity contribution is 5.84. The van der Waals surface area contributed by atoms with E-state index >= 15 is 0 Å². The van der Waals surface area contributed by atoms with Crippen molar-refractivity contribution in [1.29, 1.82) is 0 Å². The maximum Gasteiger partial charge on any atom is 0.335 e. The lowest BCUT2D eigenvalue weighted by atomic mass is 10.1. The molecule has 0 aliphatic rings. The number of rotatable bonds is 7. The Kier molecular flexibility index (Phi) is 6.39. The van der Waals surface area contributed by atoms with Crippen LogP contribution in [0.3, 0.4) is 0 Å². The third-order valence-electron chi connectivity index (χ3n) is 3.92. The van der Waals surface area contributed by atoms with Gasteiger partial charge in [0.15, 0.2) is 0 Å². The van der Waals surface area contributed by atoms with Gasteiger partial charge in [0.05, 0.1) is 5.56 Å². The van der Waals surface area contributed by atoms with Gasteiger partial charge in [-0.15, -0.1) is 0 Å². The fourth-order valence-corrected chi connectivity index (χ4v) is 2.49. The van der Waals surface area contributed by atoms with Gasteiger partial charge in [-0.25, -0.2) is 14.0 Å². The molecule has 0 spiro atoms. The topological polar surface area (TPSA) is 65.7 Å². The Bertz CT molecular complexity index is 1120. The van der Waals surface area contributed by atoms with E-state index in [1.807, 2.05) is 0 Å². The Morgan fingerprint density at radius 1 is 0.833 bits per heavy atom. The molecule has 0 amide bonds. The van der Waals surface area contributed by atoms with Gasteiger partial charge in [-0.2, -0.15) is 0 Å². The second-order valence-electron chi connectivity index (χ2n) is 6.00. The van der Waals surface area contributed by atoms with Crippen LogP contribution < -0.4 is 9.47 Å². The molecular weight excluding hydrogens is 387 g/mol. The maximum atomic E-state index is 14.4. The summed E-state index contributed by atoms with van der Waals surface area (Å²) in [6, 6.07) is 14.3. The molecular formula is C24H17FO5. The van der Waals surface area contributed by atoms with Crippen LogP contribution in [0.1, 0.15) is 11.3 Å². The molecule has 0 atom stereocenters. The zero-order valence-corrected chi connectivity index (χ0v) is 15.8. The van der Waals surface area contributed by atoms with Gasteiger partial charge < -0.3 is 13.9 Å². The number of furan rings is 1. The first-order valence-corrected chi connectivity index (χ1v) is 8.85. The molecule has 0 N–H and O–H groups in total. The van der Waals surface area contributed by atoms with Crippen molar-refractivity contribution in [2.75, 3.05) is 0 Å². The number of halogens is 1. The van der Waals surface area contributed by atoms with Crippen LogP contribution in [0.2, 0.25) is 0 Å². The highest BCUT2D eigenvalue weighted by Crippen LogP contribution is 2.28. The average Bonchev–Trinajstić information content (AvgIpc) is 3.21. The van der Waals surface area contributed by atoms with E-state index in [0.29, 0.717) is 17.3 Å². The third-order valence-corrected chi connectivity index (χ3v) is 3.92. The number of carbonyl (C=O) groups is 2. The van der Waals surface area contributed by atoms with Crippen molar-refractivity contribution in [3.8, 4) is 22.8 Å². The van der Waals surface area contributed by atoms with E-state index in [2.05, 4.69) is 13.2 Å². The molecule has 3 aromatic rings. The van der Waals surface area contributed by atoms with E-state index < -0.39 is 17.8 Å². The van der Waals surface area contributed by atoms with Crippen LogP contribution in [0, 0.1) is 5.82 Å². The van der Waals surface area contributed by atoms with Gasteiger partial charge in [-0.1, -0.05) is 31.4 Å². The summed E-state index contributed by atoms with van der Waals surface area (Å²) in [7, 11) is 0. The number of hydrogen-bond donors (Lipinski definition) is 0. The summed E-state index contributed by atoms with van der Waals surface area (Å²) in [6.07, 6.45) is 5.62. The Labute approximate surface area is 172 Å². The van der Waals surface area contributed by atoms with Gasteiger partial charge in [0, 0.05) is 18.2 Å². The van der Waals surface area contributed by atoms with Gasteiger partial charge >= 0.3 is 11.9 Å². The van der Waals surface area contributed by atoms with Gasteiger partial charge in [-0.05, 0) is 48.0 Å². The van der Waals surface area contributed by atoms with Gasteiger partial charge in [0.1, 0.15) is 28.8 Å². The van der Waals surface area contributed by atoms with Crippen molar-refractivity contribution < 1.29 is 27.9 Å². The first-order valence-electron chi connectivity index (χ1n) is 8.85. The number of esters is 2. The highest BCUT2D eigenvalue weighted by Gasteiger charge is 2.11. The van der Waals surface area contributed by atoms with E-state index in [-0.39, 0.29) is 11.3 Å². The standard InChI is InChI=1S/C24H17FO5/c1-3-23(26)29-18-9-6-16(7-10-18)5-8-17-12-14-22(28-17)20-13-11-19(15-21(20)25)30-24(27)4-2/h3-15H,1-2H2. The Morgan fingerprint density at radius 2 is 1.47 bits per heavy atom. The monoisotopic (exact) mass is 404 g/mol. The van der Waals surface area contributed by atoms with Crippen LogP contribution >= 0.6 is 0 Å². The average molecular weight is 404 g/mol. The Balaban J connectivity index is 1.70. The minimum atomic E-state index is -0.667. The van der Waals surface area contributed by atoms with Gasteiger partial charge in [-0.3, -0.25) is 0 Å². The normalized spacial score (nSPS) is 10.6. The molecule has 0 fully saturated rings. The van der Waals surface area contributed by atoms with Crippen molar-refractivity contribution in [3.05, 3.63) is 97.0 Å². The van der Waals surface area contributed by atoms with Crippen molar-refractivity contribution in [3.63, 3.8) is 0 Å². The Hall–Kier alpha value is -4.19. The molecule has 0 saturated heterocycles. The largest absolute Gasteiger partial charge is 0.457 e. The molecule has 0 aliphatic heterocycles. The van der Waals surface area contributed by atoms with Crippen LogP contribution in [0.15, 0.2) is 84.3 Å². The lowest BCUT2D eigenvalue weighted by Crippen LogP contribution is -2.03. The van der Waals surface area contributed by atoms with Crippen LogP contribution in [-0.2, 0) is 9.59 Å². The third kappa shape index (κ3) is 5.20. The molecule has 6 heteroatoms. The molecule has 2 aromatic carbocycles. The smallest absolute Gasteiger partial charge is 0.335 e. The zero-order valence-electron chi connectivity index (χ0n) is 15.8. The van der Waals surface area contributed by atoms with E-state index in [0.717, 1.165) is 23.8 Å². The predicted molar refractivity (Wildman–Crippen MR) is 111 cm³/mol. The number of hydrogen-bond acceptors (Lipinski definition) is 5. The van der Waals surface area contributed by atoms with Crippen LogP contribution in [0.25, 0.3) is 23.5 Å². The Morgan fingerprint density at radius 3 is 2.10 bits per heavy atom. The van der Waals surface area contributed by atoms with Crippen molar-refractivity contribution >= 4 is 24.1 Å². The minimum Gasteiger partial charge on any atom is -0.457 e. The van der Waals surface area contributed by atoms with Crippen molar-refractivity contribution in [1.82, 2.24) is 0 Å². The highest BCUT2D eigenvalue weighted by atomic mass is 19.1. The SMILES string of the molecule is C=CC(=O)Oc1ccc(C=Cc2ccc(-c3ccc(OC(=O)C=C)cc3F)o2)cc1. The van der Waals surface area contributed by atoms with E-state index in [1.54, 1.807) is 48.6 Å². The van der Waals surface area contributed by atoms with Gasteiger partial charge in [0.2, 0.25) is 0 Å². The maximum absolute atomic E-state index is 14.4. The van der Waals surface area contributed by atoms with Crippen molar-refractivity contribution in [2.45, 2.75) is 0 Å². The molecule has 3 rings (SSSR count). The number of ether oxygens (including phenoxy) is 2. The number of benzene rings is 2. The first-order chi connectivity index (χ1) is 14.5. The molecule has 0 radical (unpaired) electrons. The quantitative estimate of drug-likeness (QED) is 0.298. The summed E-state index contributed by atoms with van der Waals surface area (Å²) in [5, 5.41) is 0. The minimum absolute atomic E-state index is 0.0787. The molecule has 0 saturated carbocycles. The van der Waals surface area contributed by atoms with Crippen LogP contribution in [-0.4, -0.2) is 11.9 Å². The fourth-order valence-electron chi connectivity index (χ4n) is 2.49. The second-order valence-corrected chi connectivity index (χ2v) is 6.00. The zero-order chi connectivity index (χ0) is 21.5. The first kappa shape index (κ1) is 20.5. The van der Waals surface area contributed by atoms with E-state index in [1.165, 1.54) is 12.1 Å². The number of carbonyl (C=O) groups excluding carboxylic acids is 2. The van der Waals surface area contributed by atoms with Crippen molar-refractivity contribution in [2.24, 2.45) is 0 Å². The summed E-state index contributed by atoms with van der Waals surface area (Å²) in [5.41, 5.74) is 1.09. The molecule has 150 valence electrons. The molecule has 5 nitrogen and oxygen atoms in total. The van der Waals surface area contributed by atoms with E-state index in [4.69, 9.17) is 13.9 Å². The molecule has 30 heavy (non-hydrogen) atoms. The van der Waals surface area contributed by atoms with Crippen LogP contribution in [0.4, 0.5) is 4.39 Å². The summed E-state index contributed by atoms with van der Waals surface area (Å²) in [4.78, 5) is 22.4. The second kappa shape index (κ2) is 9.34. The lowest BCUT2D eigenvalue weighted by Gasteiger charge is -2.04. The summed E-state index contributed by atoms with van der Waals surface area (Å²) >= 11 is 0. The van der Waals surface area contributed by atoms with Crippen LogP contribution in [0.5, 0.6) is 11.5 Å². The molecule has 0 unspecified atom stereocenters.